The van der Waals surface area contributed by atoms with Crippen molar-refractivity contribution < 1.29 is 19.1 Å². The van der Waals surface area contributed by atoms with Gasteiger partial charge in [-0.3, -0.25) is 4.79 Å². The zero-order valence-electron chi connectivity index (χ0n) is 11.6. The van der Waals surface area contributed by atoms with E-state index < -0.39 is 0 Å². The van der Waals surface area contributed by atoms with Crippen molar-refractivity contribution in [1.82, 2.24) is 0 Å². The Morgan fingerprint density at radius 1 is 1.21 bits per heavy atom. The molecule has 0 N–H and O–H groups in total. The number of aryl methyl sites for hydroxylation is 2. The minimum Gasteiger partial charge on any atom is -0.463 e. The molecule has 0 aliphatic carbocycles. The second kappa shape index (κ2) is 6.73. The third kappa shape index (κ3) is 4.58. The van der Waals surface area contributed by atoms with E-state index in [-0.39, 0.29) is 11.9 Å². The van der Waals surface area contributed by atoms with Gasteiger partial charge in [0, 0.05) is 13.0 Å². The molecule has 0 amide bonds. The van der Waals surface area contributed by atoms with Crippen LogP contribution in [0.15, 0.2) is 18.2 Å². The number of rotatable bonds is 4. The number of benzene rings is 1. The van der Waals surface area contributed by atoms with Crippen molar-refractivity contribution in [1.29, 1.82) is 0 Å². The molecule has 4 heteroatoms. The first-order valence-corrected chi connectivity index (χ1v) is 6.08. The van der Waals surface area contributed by atoms with Crippen molar-refractivity contribution >= 4 is 18.0 Å². The maximum atomic E-state index is 11.2. The Hall–Kier alpha value is -2.10. The molecule has 102 valence electrons. The second-order valence-electron chi connectivity index (χ2n) is 4.16. The molecule has 19 heavy (non-hydrogen) atoms. The molecule has 0 unspecified atom stereocenters. The monoisotopic (exact) mass is 262 g/mol. The van der Waals surface area contributed by atoms with Crippen LogP contribution in [0.3, 0.4) is 0 Å². The fourth-order valence-corrected chi connectivity index (χ4v) is 1.74. The molecule has 0 aromatic heterocycles. The van der Waals surface area contributed by atoms with Gasteiger partial charge in [-0.2, -0.15) is 0 Å². The zero-order chi connectivity index (χ0) is 14.4. The van der Waals surface area contributed by atoms with Crippen LogP contribution in [0.5, 0.6) is 5.75 Å². The highest BCUT2D eigenvalue weighted by molar-refractivity contribution is 5.87. The van der Waals surface area contributed by atoms with Crippen molar-refractivity contribution in [2.75, 3.05) is 6.61 Å². The highest BCUT2D eigenvalue weighted by Crippen LogP contribution is 2.25. The Labute approximate surface area is 113 Å². The van der Waals surface area contributed by atoms with Crippen molar-refractivity contribution in [3.63, 3.8) is 0 Å². The maximum Gasteiger partial charge on any atom is 0.330 e. The molecule has 1 aromatic rings. The van der Waals surface area contributed by atoms with Crippen molar-refractivity contribution in [2.24, 2.45) is 0 Å². The standard InChI is InChI=1S/C15H18O4/c1-5-18-14(17)7-6-13-8-10(2)15(11(3)9-13)19-12(4)16/h6-9H,5H2,1-4H3. The average Bonchev–Trinajstić information content (AvgIpc) is 2.31. The number of hydrogen-bond donors (Lipinski definition) is 0. The van der Waals surface area contributed by atoms with Crippen molar-refractivity contribution in [2.45, 2.75) is 27.7 Å². The molecule has 1 rings (SSSR count). The predicted octanol–water partition coefficient (Wildman–Crippen LogP) is 2.81. The van der Waals surface area contributed by atoms with E-state index in [1.54, 1.807) is 13.0 Å². The summed E-state index contributed by atoms with van der Waals surface area (Å²) < 4.78 is 9.95. The van der Waals surface area contributed by atoms with Gasteiger partial charge in [-0.25, -0.2) is 4.79 Å². The Balaban J connectivity index is 2.94. The third-order valence-electron chi connectivity index (χ3n) is 2.43. The maximum absolute atomic E-state index is 11.2. The smallest absolute Gasteiger partial charge is 0.330 e. The van der Waals surface area contributed by atoms with Crippen LogP contribution in [0.2, 0.25) is 0 Å². The fourth-order valence-electron chi connectivity index (χ4n) is 1.74. The summed E-state index contributed by atoms with van der Waals surface area (Å²) in [5.74, 6) is -0.149. The predicted molar refractivity (Wildman–Crippen MR) is 72.9 cm³/mol. The van der Waals surface area contributed by atoms with Crippen molar-refractivity contribution in [3.05, 3.63) is 34.9 Å². The first kappa shape index (κ1) is 15.0. The minimum atomic E-state index is -0.373. The summed E-state index contributed by atoms with van der Waals surface area (Å²) >= 11 is 0. The van der Waals surface area contributed by atoms with Crippen molar-refractivity contribution in [3.8, 4) is 5.75 Å². The van der Waals surface area contributed by atoms with Crippen LogP contribution >= 0.6 is 0 Å². The average molecular weight is 262 g/mol. The summed E-state index contributed by atoms with van der Waals surface area (Å²) in [5.41, 5.74) is 2.55. The molecule has 0 heterocycles. The summed E-state index contributed by atoms with van der Waals surface area (Å²) in [5, 5.41) is 0. The molecule has 0 spiro atoms. The SMILES string of the molecule is CCOC(=O)C=Cc1cc(C)c(OC(C)=O)c(C)c1. The highest BCUT2D eigenvalue weighted by Gasteiger charge is 2.07. The van der Waals surface area contributed by atoms with Gasteiger partial charge < -0.3 is 9.47 Å². The van der Waals surface area contributed by atoms with E-state index >= 15 is 0 Å². The summed E-state index contributed by atoms with van der Waals surface area (Å²) in [6.07, 6.45) is 3.05. The van der Waals surface area contributed by atoms with E-state index in [4.69, 9.17) is 9.47 Å². The molecule has 0 radical (unpaired) electrons. The minimum absolute atomic E-state index is 0.346. The van der Waals surface area contributed by atoms with Crippen LogP contribution in [0.4, 0.5) is 0 Å². The topological polar surface area (TPSA) is 52.6 Å². The Kier molecular flexibility index (Phi) is 5.30. The Morgan fingerprint density at radius 2 is 1.79 bits per heavy atom. The fraction of sp³-hybridized carbons (Fsp3) is 0.333. The summed E-state index contributed by atoms with van der Waals surface area (Å²) in [6.45, 7) is 7.19. The number of carbonyl (C=O) groups excluding carboxylic acids is 2. The van der Waals surface area contributed by atoms with Gasteiger partial charge in [0.2, 0.25) is 0 Å². The molecule has 0 aliphatic heterocycles. The summed E-state index contributed by atoms with van der Waals surface area (Å²) in [7, 11) is 0. The van der Waals surface area contributed by atoms with Crippen LogP contribution in [0.25, 0.3) is 6.08 Å². The molecule has 0 saturated heterocycles. The van der Waals surface area contributed by atoms with E-state index in [2.05, 4.69) is 0 Å². The number of carbonyl (C=O) groups is 2. The molecule has 0 saturated carbocycles. The third-order valence-corrected chi connectivity index (χ3v) is 2.43. The van der Waals surface area contributed by atoms with Gasteiger partial charge >= 0.3 is 11.9 Å². The van der Waals surface area contributed by atoms with Gasteiger partial charge in [0.05, 0.1) is 6.61 Å². The lowest BCUT2D eigenvalue weighted by molar-refractivity contribution is -0.137. The van der Waals surface area contributed by atoms with Crippen LogP contribution in [-0.4, -0.2) is 18.5 Å². The van der Waals surface area contributed by atoms with Gasteiger partial charge in [-0.05, 0) is 55.7 Å². The molecular formula is C15H18O4. The summed E-state index contributed by atoms with van der Waals surface area (Å²) in [6, 6.07) is 3.70. The highest BCUT2D eigenvalue weighted by atomic mass is 16.5. The first-order chi connectivity index (χ1) is 8.93. The summed E-state index contributed by atoms with van der Waals surface area (Å²) in [4.78, 5) is 22.2. The van der Waals surface area contributed by atoms with Gasteiger partial charge in [0.25, 0.3) is 0 Å². The van der Waals surface area contributed by atoms with Gasteiger partial charge in [-0.1, -0.05) is 0 Å². The van der Waals surface area contributed by atoms with E-state index in [0.29, 0.717) is 12.4 Å². The molecule has 0 atom stereocenters. The van der Waals surface area contributed by atoms with Crippen LogP contribution in [0, 0.1) is 13.8 Å². The number of ether oxygens (including phenoxy) is 2. The normalized spacial score (nSPS) is 10.5. The van der Waals surface area contributed by atoms with E-state index in [9.17, 15) is 9.59 Å². The number of hydrogen-bond acceptors (Lipinski definition) is 4. The Bertz CT molecular complexity index is 492. The Morgan fingerprint density at radius 3 is 2.26 bits per heavy atom. The zero-order valence-corrected chi connectivity index (χ0v) is 11.6. The quantitative estimate of drug-likeness (QED) is 0.475. The van der Waals surface area contributed by atoms with Gasteiger partial charge in [-0.15, -0.1) is 0 Å². The number of esters is 2. The molecule has 0 aliphatic rings. The lowest BCUT2D eigenvalue weighted by Gasteiger charge is -2.10. The van der Waals surface area contributed by atoms with E-state index in [1.165, 1.54) is 13.0 Å². The largest absolute Gasteiger partial charge is 0.463 e. The van der Waals surface area contributed by atoms with Gasteiger partial charge in [0.1, 0.15) is 5.75 Å². The van der Waals surface area contributed by atoms with Gasteiger partial charge in [0.15, 0.2) is 0 Å². The lowest BCUT2D eigenvalue weighted by atomic mass is 10.1. The van der Waals surface area contributed by atoms with Crippen LogP contribution < -0.4 is 4.74 Å². The molecule has 0 bridgehead atoms. The lowest BCUT2D eigenvalue weighted by Crippen LogP contribution is -2.04. The second-order valence-corrected chi connectivity index (χ2v) is 4.16. The first-order valence-electron chi connectivity index (χ1n) is 6.08. The molecular weight excluding hydrogens is 244 g/mol. The molecule has 0 fully saturated rings. The van der Waals surface area contributed by atoms with E-state index in [0.717, 1.165) is 16.7 Å². The molecule has 1 aromatic carbocycles. The molecule has 4 nitrogen and oxygen atoms in total. The van der Waals surface area contributed by atoms with Crippen LogP contribution in [-0.2, 0) is 14.3 Å². The van der Waals surface area contributed by atoms with E-state index in [1.807, 2.05) is 26.0 Å². The van der Waals surface area contributed by atoms with Crippen LogP contribution in [0.1, 0.15) is 30.5 Å².